The molecule has 11 nitrogen and oxygen atoms in total. The number of phenolic OH excluding ortho intramolecular Hbond substituents is 5. The number of phenols is 5. The summed E-state index contributed by atoms with van der Waals surface area (Å²) in [6, 6.07) is 8.47. The largest absolute Gasteiger partial charge is 0.507 e. The lowest BCUT2D eigenvalue weighted by molar-refractivity contribution is -0.140. The highest BCUT2D eigenvalue weighted by Crippen LogP contribution is 2.46. The maximum Gasteiger partial charge on any atom is 0.306 e. The fraction of sp³-hybridized carbons (Fsp3) is 0.154. The number of hydrogen-bond donors (Lipinski definition) is 6. The van der Waals surface area contributed by atoms with Crippen molar-refractivity contribution in [3.8, 4) is 51.6 Å². The normalized spacial score (nSPS) is 11.8. The van der Waals surface area contributed by atoms with Crippen molar-refractivity contribution in [2.45, 2.75) is 12.3 Å². The molecule has 37 heavy (non-hydrogen) atoms. The van der Waals surface area contributed by atoms with E-state index in [1.807, 2.05) is 0 Å². The highest BCUT2D eigenvalue weighted by Gasteiger charge is 2.30. The van der Waals surface area contributed by atoms with Gasteiger partial charge in [0.1, 0.15) is 22.5 Å². The predicted molar refractivity (Wildman–Crippen MR) is 129 cm³/mol. The van der Waals surface area contributed by atoms with Crippen LogP contribution < -0.4 is 10.2 Å². The van der Waals surface area contributed by atoms with Crippen LogP contribution in [0.25, 0.3) is 22.3 Å². The first-order valence-corrected chi connectivity index (χ1v) is 10.8. The van der Waals surface area contributed by atoms with Gasteiger partial charge in [-0.3, -0.25) is 9.59 Å². The van der Waals surface area contributed by atoms with E-state index in [0.29, 0.717) is 5.56 Å². The van der Waals surface area contributed by atoms with Crippen LogP contribution in [0, 0.1) is 0 Å². The van der Waals surface area contributed by atoms with Crippen LogP contribution in [-0.2, 0) is 9.53 Å². The number of aromatic hydroxyl groups is 6. The van der Waals surface area contributed by atoms with E-state index < -0.39 is 57.2 Å². The Morgan fingerprint density at radius 3 is 2.22 bits per heavy atom. The quantitative estimate of drug-likeness (QED) is 0.165. The van der Waals surface area contributed by atoms with Gasteiger partial charge in [-0.2, -0.15) is 0 Å². The average Bonchev–Trinajstić information content (AvgIpc) is 2.87. The summed E-state index contributed by atoms with van der Waals surface area (Å²) in [4.78, 5) is 25.5. The molecule has 0 fully saturated rings. The first-order chi connectivity index (χ1) is 17.6. The predicted octanol–water partition coefficient (Wildman–Crippen LogP) is 3.40. The molecule has 192 valence electrons. The molecule has 1 unspecified atom stereocenters. The summed E-state index contributed by atoms with van der Waals surface area (Å²) in [5.41, 5.74) is -1.17. The number of fused-ring (bicyclic) bond motifs is 1. The fourth-order valence-corrected chi connectivity index (χ4v) is 4.09. The first kappa shape index (κ1) is 25.0. The minimum absolute atomic E-state index is 0.00333. The van der Waals surface area contributed by atoms with Crippen molar-refractivity contribution in [1.82, 2.24) is 0 Å². The molecule has 0 radical (unpaired) electrons. The Balaban J connectivity index is 2.09. The Hall–Kier alpha value is -5.06. The van der Waals surface area contributed by atoms with Crippen molar-refractivity contribution in [3.05, 3.63) is 63.8 Å². The van der Waals surface area contributed by atoms with Crippen LogP contribution in [0.1, 0.15) is 23.5 Å². The van der Waals surface area contributed by atoms with E-state index in [0.717, 1.165) is 18.2 Å². The molecule has 0 amide bonds. The first-order valence-electron chi connectivity index (χ1n) is 10.8. The van der Waals surface area contributed by atoms with Gasteiger partial charge in [0.2, 0.25) is 11.2 Å². The lowest BCUT2D eigenvalue weighted by atomic mass is 9.86. The lowest BCUT2D eigenvalue weighted by Crippen LogP contribution is -2.13. The molecule has 4 rings (SSSR count). The molecule has 11 heteroatoms. The number of esters is 1. The summed E-state index contributed by atoms with van der Waals surface area (Å²) in [7, 11) is 2.49. The number of benzene rings is 3. The van der Waals surface area contributed by atoms with Crippen LogP contribution in [0.5, 0.6) is 40.2 Å². The van der Waals surface area contributed by atoms with E-state index in [-0.39, 0.29) is 34.6 Å². The van der Waals surface area contributed by atoms with Gasteiger partial charge in [-0.25, -0.2) is 0 Å². The van der Waals surface area contributed by atoms with Crippen LogP contribution in [0.3, 0.4) is 0 Å². The van der Waals surface area contributed by atoms with Gasteiger partial charge >= 0.3 is 5.97 Å². The number of carbonyl (C=O) groups is 1. The molecule has 0 aliphatic rings. The second-order valence-electron chi connectivity index (χ2n) is 8.11. The number of hydrogen-bond acceptors (Lipinski definition) is 11. The molecule has 1 heterocycles. The zero-order valence-electron chi connectivity index (χ0n) is 19.6. The van der Waals surface area contributed by atoms with Crippen molar-refractivity contribution in [2.24, 2.45) is 0 Å². The number of carbonyl (C=O) groups excluding carboxylic acids is 1. The van der Waals surface area contributed by atoms with Gasteiger partial charge in [0.05, 0.1) is 20.6 Å². The highest BCUT2D eigenvalue weighted by molar-refractivity contribution is 5.92. The Kier molecular flexibility index (Phi) is 6.45. The van der Waals surface area contributed by atoms with Crippen molar-refractivity contribution in [3.63, 3.8) is 0 Å². The standard InChI is InChI=1S/C26H22O11/c1-35-19-8-11(3-6-15(19)28)13(9-20(32)36-2)21-17(30)10-18(31)22-23(33)24(34)25(37-26(21)22)12-4-5-14(27)16(29)7-12/h3-8,10,13,27-31,34H,9H2,1-2H3. The second-order valence-corrected chi connectivity index (χ2v) is 8.11. The van der Waals surface area contributed by atoms with E-state index in [2.05, 4.69) is 0 Å². The van der Waals surface area contributed by atoms with E-state index in [9.17, 15) is 40.2 Å². The third kappa shape index (κ3) is 4.38. The summed E-state index contributed by atoms with van der Waals surface area (Å²) < 4.78 is 15.8. The Morgan fingerprint density at radius 2 is 1.57 bits per heavy atom. The topological polar surface area (TPSA) is 187 Å². The minimum atomic E-state index is -1.05. The zero-order chi connectivity index (χ0) is 27.0. The molecule has 0 spiro atoms. The summed E-state index contributed by atoms with van der Waals surface area (Å²) in [6.45, 7) is 0. The number of ether oxygens (including phenoxy) is 2. The fourth-order valence-electron chi connectivity index (χ4n) is 4.09. The third-order valence-electron chi connectivity index (χ3n) is 5.93. The maximum atomic E-state index is 13.1. The van der Waals surface area contributed by atoms with Crippen molar-refractivity contribution < 1.29 is 49.3 Å². The molecular formula is C26H22O11. The molecule has 0 aliphatic heterocycles. The molecule has 0 saturated carbocycles. The summed E-state index contributed by atoms with van der Waals surface area (Å²) in [5, 5.41) is 61.0. The monoisotopic (exact) mass is 510 g/mol. The Labute approximate surface area is 208 Å². The summed E-state index contributed by atoms with van der Waals surface area (Å²) >= 11 is 0. The van der Waals surface area contributed by atoms with Crippen LogP contribution >= 0.6 is 0 Å². The van der Waals surface area contributed by atoms with Crippen molar-refractivity contribution in [2.75, 3.05) is 14.2 Å². The van der Waals surface area contributed by atoms with Crippen LogP contribution in [-0.4, -0.2) is 50.8 Å². The Morgan fingerprint density at radius 1 is 0.865 bits per heavy atom. The second kappa shape index (κ2) is 9.53. The maximum absolute atomic E-state index is 13.1. The zero-order valence-corrected chi connectivity index (χ0v) is 19.6. The molecule has 1 atom stereocenters. The Bertz CT molecular complexity index is 1590. The molecule has 0 saturated heterocycles. The third-order valence-corrected chi connectivity index (χ3v) is 5.93. The van der Waals surface area contributed by atoms with Crippen molar-refractivity contribution >= 4 is 16.9 Å². The molecule has 0 bridgehead atoms. The van der Waals surface area contributed by atoms with Gasteiger partial charge in [-0.1, -0.05) is 6.07 Å². The lowest BCUT2D eigenvalue weighted by Gasteiger charge is -2.21. The smallest absolute Gasteiger partial charge is 0.306 e. The molecule has 6 N–H and O–H groups in total. The van der Waals surface area contributed by atoms with Crippen molar-refractivity contribution in [1.29, 1.82) is 0 Å². The summed E-state index contributed by atoms with van der Waals surface area (Å²) in [5.74, 6) is -5.44. The molecular weight excluding hydrogens is 488 g/mol. The minimum Gasteiger partial charge on any atom is -0.507 e. The molecule has 0 aliphatic carbocycles. The van der Waals surface area contributed by atoms with Crippen LogP contribution in [0.15, 0.2) is 51.7 Å². The van der Waals surface area contributed by atoms with E-state index in [1.165, 1.54) is 38.5 Å². The molecule has 1 aromatic heterocycles. The highest BCUT2D eigenvalue weighted by atomic mass is 16.5. The van der Waals surface area contributed by atoms with E-state index in [1.54, 1.807) is 0 Å². The van der Waals surface area contributed by atoms with Crippen LogP contribution in [0.2, 0.25) is 0 Å². The van der Waals surface area contributed by atoms with Crippen LogP contribution in [0.4, 0.5) is 0 Å². The molecule has 4 aromatic rings. The van der Waals surface area contributed by atoms with Gasteiger partial charge < -0.3 is 44.5 Å². The molecule has 3 aromatic carbocycles. The van der Waals surface area contributed by atoms with Gasteiger partial charge in [-0.05, 0) is 35.9 Å². The van der Waals surface area contributed by atoms with Gasteiger partial charge in [0.25, 0.3) is 0 Å². The number of methoxy groups -OCH3 is 2. The van der Waals surface area contributed by atoms with Gasteiger partial charge in [-0.15, -0.1) is 0 Å². The average molecular weight is 510 g/mol. The van der Waals surface area contributed by atoms with Gasteiger partial charge in [0, 0.05) is 23.1 Å². The van der Waals surface area contributed by atoms with Gasteiger partial charge in [0.15, 0.2) is 28.8 Å². The van der Waals surface area contributed by atoms with E-state index >= 15 is 0 Å². The van der Waals surface area contributed by atoms with E-state index in [4.69, 9.17) is 13.9 Å². The SMILES string of the molecule is COC(=O)CC(c1ccc(O)c(OC)c1)c1c(O)cc(O)c2c(=O)c(O)c(-c3ccc(O)c(O)c3)oc12. The summed E-state index contributed by atoms with van der Waals surface area (Å²) in [6.07, 6.45) is -0.363. The number of rotatable bonds is 6.